The van der Waals surface area contributed by atoms with Crippen molar-refractivity contribution in [2.45, 2.75) is 19.3 Å². The van der Waals surface area contributed by atoms with Crippen molar-refractivity contribution >= 4 is 0 Å². The molecule has 48 valence electrons. The van der Waals surface area contributed by atoms with Crippen LogP contribution in [0.25, 0.3) is 0 Å². The third-order valence-corrected chi connectivity index (χ3v) is 1.55. The lowest BCUT2D eigenvalue weighted by molar-refractivity contribution is 0.281. The maximum absolute atomic E-state index is 8.48. The van der Waals surface area contributed by atoms with Crippen molar-refractivity contribution in [2.75, 3.05) is 7.11 Å². The van der Waals surface area contributed by atoms with E-state index in [1.54, 1.807) is 7.11 Å². The zero-order chi connectivity index (χ0) is 6.69. The lowest BCUT2D eigenvalue weighted by atomic mass is 10.3. The highest BCUT2D eigenvalue weighted by Crippen LogP contribution is 2.24. The third kappa shape index (κ3) is 1.05. The van der Waals surface area contributed by atoms with Gasteiger partial charge in [0.1, 0.15) is 5.76 Å². The summed E-state index contributed by atoms with van der Waals surface area (Å²) >= 11 is 0. The average Bonchev–Trinajstić information content (AvgIpc) is 2.33. The Hall–Kier alpha value is -0.970. The highest BCUT2D eigenvalue weighted by molar-refractivity contribution is 5.27. The molecule has 0 aromatic carbocycles. The lowest BCUT2D eigenvalue weighted by Gasteiger charge is -1.96. The molecule has 0 atom stereocenters. The summed E-state index contributed by atoms with van der Waals surface area (Å²) in [6, 6.07) is 2.12. The van der Waals surface area contributed by atoms with Gasteiger partial charge in [-0.2, -0.15) is 5.26 Å². The number of nitrogens with zero attached hydrogens (tertiary/aromatic N) is 1. The van der Waals surface area contributed by atoms with E-state index in [1.807, 2.05) is 0 Å². The quantitative estimate of drug-likeness (QED) is 0.530. The van der Waals surface area contributed by atoms with Crippen LogP contribution in [0.3, 0.4) is 0 Å². The lowest BCUT2D eigenvalue weighted by Crippen LogP contribution is -1.82. The van der Waals surface area contributed by atoms with Crippen molar-refractivity contribution in [3.8, 4) is 6.07 Å². The summed E-state index contributed by atoms with van der Waals surface area (Å²) in [6.07, 6.45) is 2.92. The van der Waals surface area contributed by atoms with Crippen LogP contribution in [-0.2, 0) is 4.74 Å². The van der Waals surface area contributed by atoms with E-state index in [1.165, 1.54) is 0 Å². The Morgan fingerprint density at radius 3 is 2.78 bits per heavy atom. The van der Waals surface area contributed by atoms with Gasteiger partial charge in [-0.25, -0.2) is 0 Å². The predicted molar refractivity (Wildman–Crippen MR) is 33.5 cm³/mol. The first-order valence-corrected chi connectivity index (χ1v) is 3.04. The SMILES string of the molecule is COC1=C(C#N)CCC1. The molecule has 0 bridgehead atoms. The first-order valence-electron chi connectivity index (χ1n) is 3.04. The molecule has 0 heterocycles. The van der Waals surface area contributed by atoms with E-state index in [0.717, 1.165) is 30.6 Å². The van der Waals surface area contributed by atoms with Crippen molar-refractivity contribution < 1.29 is 4.74 Å². The molecule has 2 nitrogen and oxygen atoms in total. The summed E-state index contributed by atoms with van der Waals surface area (Å²) in [5, 5.41) is 8.48. The Bertz CT molecular complexity index is 176. The minimum absolute atomic E-state index is 0.831. The van der Waals surface area contributed by atoms with Crippen LogP contribution >= 0.6 is 0 Å². The van der Waals surface area contributed by atoms with Crippen molar-refractivity contribution in [1.29, 1.82) is 5.26 Å². The maximum Gasteiger partial charge on any atom is 0.109 e. The summed E-state index contributed by atoms with van der Waals surface area (Å²) < 4.78 is 4.97. The van der Waals surface area contributed by atoms with Crippen LogP contribution in [0.2, 0.25) is 0 Å². The third-order valence-electron chi connectivity index (χ3n) is 1.55. The molecule has 0 radical (unpaired) electrons. The van der Waals surface area contributed by atoms with E-state index >= 15 is 0 Å². The van der Waals surface area contributed by atoms with Crippen LogP contribution in [0.15, 0.2) is 11.3 Å². The van der Waals surface area contributed by atoms with Crippen LogP contribution in [-0.4, -0.2) is 7.11 Å². The molecule has 2 heteroatoms. The molecule has 0 aromatic rings. The number of allylic oxidation sites excluding steroid dienone is 2. The average molecular weight is 123 g/mol. The minimum atomic E-state index is 0.831. The summed E-state index contributed by atoms with van der Waals surface area (Å²) in [6.45, 7) is 0. The standard InChI is InChI=1S/C7H9NO/c1-9-7-4-2-3-6(7)5-8/h2-4H2,1H3. The second-order valence-electron chi connectivity index (χ2n) is 2.07. The highest BCUT2D eigenvalue weighted by Gasteiger charge is 2.13. The second-order valence-corrected chi connectivity index (χ2v) is 2.07. The second kappa shape index (κ2) is 2.54. The zero-order valence-electron chi connectivity index (χ0n) is 5.48. The summed E-state index contributed by atoms with van der Waals surface area (Å²) in [4.78, 5) is 0. The normalized spacial score (nSPS) is 17.8. The van der Waals surface area contributed by atoms with Crippen LogP contribution < -0.4 is 0 Å². The molecule has 0 saturated carbocycles. The minimum Gasteiger partial charge on any atom is -0.500 e. The highest BCUT2D eigenvalue weighted by atomic mass is 16.5. The number of hydrogen-bond acceptors (Lipinski definition) is 2. The molecule has 0 fully saturated rings. The largest absolute Gasteiger partial charge is 0.500 e. The van der Waals surface area contributed by atoms with Gasteiger partial charge in [0.15, 0.2) is 0 Å². The van der Waals surface area contributed by atoms with Gasteiger partial charge in [-0.05, 0) is 12.8 Å². The number of hydrogen-bond donors (Lipinski definition) is 0. The van der Waals surface area contributed by atoms with Crippen LogP contribution in [0.5, 0.6) is 0 Å². The molecule has 0 amide bonds. The molecular weight excluding hydrogens is 114 g/mol. The van der Waals surface area contributed by atoms with Gasteiger partial charge in [0.25, 0.3) is 0 Å². The molecule has 1 rings (SSSR count). The zero-order valence-corrected chi connectivity index (χ0v) is 5.48. The fourth-order valence-electron chi connectivity index (χ4n) is 1.06. The molecule has 0 unspecified atom stereocenters. The molecule has 9 heavy (non-hydrogen) atoms. The Morgan fingerprint density at radius 2 is 2.33 bits per heavy atom. The summed E-state index contributed by atoms with van der Waals surface area (Å²) in [5.74, 6) is 0.887. The topological polar surface area (TPSA) is 33.0 Å². The molecule has 1 aliphatic rings. The summed E-state index contributed by atoms with van der Waals surface area (Å²) in [7, 11) is 1.62. The molecule has 1 aliphatic carbocycles. The van der Waals surface area contributed by atoms with Crippen molar-refractivity contribution in [2.24, 2.45) is 0 Å². The van der Waals surface area contributed by atoms with Crippen molar-refractivity contribution in [3.05, 3.63) is 11.3 Å². The monoisotopic (exact) mass is 123 g/mol. The van der Waals surface area contributed by atoms with E-state index in [4.69, 9.17) is 10.00 Å². The van der Waals surface area contributed by atoms with E-state index < -0.39 is 0 Å². The van der Waals surface area contributed by atoms with Gasteiger partial charge in [0.2, 0.25) is 0 Å². The molecule has 0 aliphatic heterocycles. The van der Waals surface area contributed by atoms with E-state index in [0.29, 0.717) is 0 Å². The number of ether oxygens (including phenoxy) is 1. The van der Waals surface area contributed by atoms with Gasteiger partial charge in [-0.1, -0.05) is 0 Å². The Labute approximate surface area is 54.7 Å². The van der Waals surface area contributed by atoms with Gasteiger partial charge in [0.05, 0.1) is 18.8 Å². The maximum atomic E-state index is 8.48. The Morgan fingerprint density at radius 1 is 1.56 bits per heavy atom. The molecular formula is C7H9NO. The Kier molecular flexibility index (Phi) is 1.74. The number of rotatable bonds is 1. The number of methoxy groups -OCH3 is 1. The van der Waals surface area contributed by atoms with E-state index in [2.05, 4.69) is 6.07 Å². The van der Waals surface area contributed by atoms with Gasteiger partial charge in [-0.3, -0.25) is 0 Å². The fourth-order valence-corrected chi connectivity index (χ4v) is 1.06. The first kappa shape index (κ1) is 6.15. The van der Waals surface area contributed by atoms with Gasteiger partial charge in [-0.15, -0.1) is 0 Å². The van der Waals surface area contributed by atoms with Gasteiger partial charge in [0, 0.05) is 6.42 Å². The smallest absolute Gasteiger partial charge is 0.109 e. The first-order chi connectivity index (χ1) is 4.38. The van der Waals surface area contributed by atoms with Gasteiger partial charge >= 0.3 is 0 Å². The fraction of sp³-hybridized carbons (Fsp3) is 0.571. The van der Waals surface area contributed by atoms with Crippen molar-refractivity contribution in [1.82, 2.24) is 0 Å². The molecule has 0 saturated heterocycles. The Balaban J connectivity index is 2.73. The number of nitriles is 1. The van der Waals surface area contributed by atoms with Crippen LogP contribution in [0.1, 0.15) is 19.3 Å². The summed E-state index contributed by atoms with van der Waals surface area (Å²) in [5.41, 5.74) is 0.831. The van der Waals surface area contributed by atoms with E-state index in [9.17, 15) is 0 Å². The molecule has 0 N–H and O–H groups in total. The van der Waals surface area contributed by atoms with Crippen molar-refractivity contribution in [3.63, 3.8) is 0 Å². The van der Waals surface area contributed by atoms with Gasteiger partial charge < -0.3 is 4.74 Å². The molecule has 0 spiro atoms. The molecule has 0 aromatic heterocycles. The van der Waals surface area contributed by atoms with Crippen LogP contribution in [0.4, 0.5) is 0 Å². The predicted octanol–water partition coefficient (Wildman–Crippen LogP) is 1.59. The van der Waals surface area contributed by atoms with Crippen LogP contribution in [0, 0.1) is 11.3 Å². The van der Waals surface area contributed by atoms with E-state index in [-0.39, 0.29) is 0 Å².